The van der Waals surface area contributed by atoms with Crippen LogP contribution < -0.4 is 9.47 Å². The molecule has 0 fully saturated rings. The van der Waals surface area contributed by atoms with Gasteiger partial charge in [0.25, 0.3) is 0 Å². The van der Waals surface area contributed by atoms with Crippen LogP contribution in [0.5, 0.6) is 11.5 Å². The first-order valence-corrected chi connectivity index (χ1v) is 8.83. The fraction of sp³-hybridized carbons (Fsp3) is 0.294. The van der Waals surface area contributed by atoms with E-state index in [1.165, 1.54) is 36.7 Å². The van der Waals surface area contributed by atoms with Crippen LogP contribution in [0.4, 0.5) is 8.78 Å². The molecular formula is C17H19F2NO4S. The van der Waals surface area contributed by atoms with E-state index in [1.54, 1.807) is 24.3 Å². The van der Waals surface area contributed by atoms with E-state index in [0.29, 0.717) is 5.56 Å². The molecule has 0 saturated heterocycles. The van der Waals surface area contributed by atoms with Crippen molar-refractivity contribution in [1.82, 2.24) is 4.31 Å². The molecule has 0 heterocycles. The van der Waals surface area contributed by atoms with Crippen molar-refractivity contribution in [3.05, 3.63) is 53.6 Å². The molecule has 2 rings (SSSR count). The fourth-order valence-electron chi connectivity index (χ4n) is 2.24. The van der Waals surface area contributed by atoms with E-state index in [1.807, 2.05) is 6.92 Å². The Labute approximate surface area is 145 Å². The first-order valence-electron chi connectivity index (χ1n) is 7.39. The second kappa shape index (κ2) is 7.79. The highest BCUT2D eigenvalue weighted by Crippen LogP contribution is 2.30. The lowest BCUT2D eigenvalue weighted by molar-refractivity contribution is -0.0512. The van der Waals surface area contributed by atoms with E-state index in [0.717, 1.165) is 5.56 Å². The van der Waals surface area contributed by atoms with Gasteiger partial charge in [-0.15, -0.1) is 0 Å². The Morgan fingerprint density at radius 1 is 1.08 bits per heavy atom. The Morgan fingerprint density at radius 2 is 1.72 bits per heavy atom. The van der Waals surface area contributed by atoms with Gasteiger partial charge in [-0.1, -0.05) is 23.8 Å². The van der Waals surface area contributed by atoms with Gasteiger partial charge in [-0.05, 0) is 36.8 Å². The summed E-state index contributed by atoms with van der Waals surface area (Å²) in [6, 6.07) is 10.8. The van der Waals surface area contributed by atoms with Gasteiger partial charge in [0.1, 0.15) is 0 Å². The number of halogens is 2. The zero-order valence-corrected chi connectivity index (χ0v) is 14.9. The second-order valence-electron chi connectivity index (χ2n) is 5.44. The molecule has 0 radical (unpaired) electrons. The van der Waals surface area contributed by atoms with Crippen molar-refractivity contribution in [2.24, 2.45) is 0 Å². The molecule has 0 aliphatic rings. The summed E-state index contributed by atoms with van der Waals surface area (Å²) < 4.78 is 60.4. The third-order valence-corrected chi connectivity index (χ3v) is 5.40. The van der Waals surface area contributed by atoms with Crippen LogP contribution in [0.2, 0.25) is 0 Å². The largest absolute Gasteiger partial charge is 0.493 e. The highest BCUT2D eigenvalue weighted by atomic mass is 32.2. The zero-order chi connectivity index (χ0) is 18.6. The van der Waals surface area contributed by atoms with Crippen molar-refractivity contribution >= 4 is 10.0 Å². The van der Waals surface area contributed by atoms with Crippen molar-refractivity contribution in [2.45, 2.75) is 25.0 Å². The summed E-state index contributed by atoms with van der Waals surface area (Å²) in [7, 11) is -0.888. The maximum Gasteiger partial charge on any atom is 0.387 e. The third kappa shape index (κ3) is 4.67. The molecular weight excluding hydrogens is 352 g/mol. The van der Waals surface area contributed by atoms with Gasteiger partial charge >= 0.3 is 6.61 Å². The van der Waals surface area contributed by atoms with Crippen LogP contribution in [-0.2, 0) is 16.6 Å². The highest BCUT2D eigenvalue weighted by molar-refractivity contribution is 7.89. The number of sulfonamides is 1. The molecule has 0 saturated carbocycles. The Balaban J connectivity index is 2.22. The summed E-state index contributed by atoms with van der Waals surface area (Å²) in [6.45, 7) is -1.04. The van der Waals surface area contributed by atoms with Crippen LogP contribution in [0.25, 0.3) is 0 Å². The van der Waals surface area contributed by atoms with Crippen molar-refractivity contribution in [1.29, 1.82) is 0 Å². The molecule has 0 amide bonds. The molecule has 0 bridgehead atoms. The number of hydrogen-bond acceptors (Lipinski definition) is 4. The lowest BCUT2D eigenvalue weighted by Gasteiger charge is -2.18. The van der Waals surface area contributed by atoms with Gasteiger partial charge in [0.05, 0.1) is 12.0 Å². The van der Waals surface area contributed by atoms with Crippen LogP contribution in [0, 0.1) is 6.92 Å². The summed E-state index contributed by atoms with van der Waals surface area (Å²) in [5.41, 5.74) is 1.54. The SMILES string of the molecule is COc1cc(CN(C)S(=O)(=O)c2ccc(C)cc2)ccc1OC(F)F. The molecule has 0 spiro atoms. The van der Waals surface area contributed by atoms with E-state index < -0.39 is 16.6 Å². The minimum Gasteiger partial charge on any atom is -0.493 e. The number of rotatable bonds is 7. The predicted molar refractivity (Wildman–Crippen MR) is 89.5 cm³/mol. The Morgan fingerprint density at radius 3 is 2.28 bits per heavy atom. The summed E-state index contributed by atoms with van der Waals surface area (Å²) in [6.07, 6.45) is 0. The Hall–Kier alpha value is -2.19. The average molecular weight is 371 g/mol. The number of alkyl halides is 2. The number of benzene rings is 2. The molecule has 0 aromatic heterocycles. The number of ether oxygens (including phenoxy) is 2. The van der Waals surface area contributed by atoms with Gasteiger partial charge in [0, 0.05) is 13.6 Å². The smallest absolute Gasteiger partial charge is 0.387 e. The number of methoxy groups -OCH3 is 1. The molecule has 8 heteroatoms. The normalized spacial score (nSPS) is 11.8. The van der Waals surface area contributed by atoms with Crippen LogP contribution in [0.1, 0.15) is 11.1 Å². The van der Waals surface area contributed by atoms with Crippen LogP contribution in [0.15, 0.2) is 47.4 Å². The quantitative estimate of drug-likeness (QED) is 0.748. The summed E-state index contributed by atoms with van der Waals surface area (Å²) in [5.74, 6) is 0.00392. The molecule has 0 aliphatic heterocycles. The molecule has 25 heavy (non-hydrogen) atoms. The zero-order valence-electron chi connectivity index (χ0n) is 14.1. The van der Waals surface area contributed by atoms with E-state index in [4.69, 9.17) is 4.74 Å². The number of aryl methyl sites for hydroxylation is 1. The van der Waals surface area contributed by atoms with Gasteiger partial charge < -0.3 is 9.47 Å². The van der Waals surface area contributed by atoms with Crippen molar-refractivity contribution in [3.8, 4) is 11.5 Å². The van der Waals surface area contributed by atoms with Crippen molar-refractivity contribution in [2.75, 3.05) is 14.2 Å². The first kappa shape index (κ1) is 19.1. The lowest BCUT2D eigenvalue weighted by atomic mass is 10.2. The molecule has 5 nitrogen and oxygen atoms in total. The minimum atomic E-state index is -3.66. The average Bonchev–Trinajstić information content (AvgIpc) is 2.56. The van der Waals surface area contributed by atoms with Gasteiger partial charge in [-0.25, -0.2) is 8.42 Å². The summed E-state index contributed by atoms with van der Waals surface area (Å²) >= 11 is 0. The Bertz CT molecular complexity index is 823. The molecule has 2 aromatic carbocycles. The van der Waals surface area contributed by atoms with E-state index >= 15 is 0 Å². The fourth-order valence-corrected chi connectivity index (χ4v) is 3.39. The van der Waals surface area contributed by atoms with Crippen molar-refractivity contribution < 1.29 is 26.7 Å². The highest BCUT2D eigenvalue weighted by Gasteiger charge is 2.21. The van der Waals surface area contributed by atoms with E-state index in [9.17, 15) is 17.2 Å². The van der Waals surface area contributed by atoms with Crippen LogP contribution in [0.3, 0.4) is 0 Å². The molecule has 0 aliphatic carbocycles. The van der Waals surface area contributed by atoms with Gasteiger partial charge in [0.15, 0.2) is 11.5 Å². The first-order chi connectivity index (χ1) is 11.7. The monoisotopic (exact) mass is 371 g/mol. The summed E-state index contributed by atoms with van der Waals surface area (Å²) in [4.78, 5) is 0.185. The standard InChI is InChI=1S/C17H19F2NO4S/c1-12-4-7-14(8-5-12)25(21,22)20(2)11-13-6-9-15(24-17(18)19)16(10-13)23-3/h4-10,17H,11H2,1-3H3. The van der Waals surface area contributed by atoms with Crippen molar-refractivity contribution in [3.63, 3.8) is 0 Å². The maximum absolute atomic E-state index is 12.6. The van der Waals surface area contributed by atoms with E-state index in [-0.39, 0.29) is 22.9 Å². The molecule has 0 N–H and O–H groups in total. The van der Waals surface area contributed by atoms with E-state index in [2.05, 4.69) is 4.74 Å². The maximum atomic E-state index is 12.6. The van der Waals surface area contributed by atoms with Crippen LogP contribution >= 0.6 is 0 Å². The van der Waals surface area contributed by atoms with Gasteiger partial charge in [-0.2, -0.15) is 13.1 Å². The lowest BCUT2D eigenvalue weighted by Crippen LogP contribution is -2.26. The molecule has 136 valence electrons. The summed E-state index contributed by atoms with van der Waals surface area (Å²) in [5, 5.41) is 0. The molecule has 0 unspecified atom stereocenters. The van der Waals surface area contributed by atoms with Gasteiger partial charge in [-0.3, -0.25) is 0 Å². The van der Waals surface area contributed by atoms with Gasteiger partial charge in [0.2, 0.25) is 10.0 Å². The Kier molecular flexibility index (Phi) is 5.97. The van der Waals surface area contributed by atoms with Crippen LogP contribution in [-0.4, -0.2) is 33.5 Å². The third-order valence-electron chi connectivity index (χ3n) is 3.58. The number of nitrogens with zero attached hydrogens (tertiary/aromatic N) is 1. The number of hydrogen-bond donors (Lipinski definition) is 0. The molecule has 0 atom stereocenters. The predicted octanol–water partition coefficient (Wildman–Crippen LogP) is 3.43. The second-order valence-corrected chi connectivity index (χ2v) is 7.48. The topological polar surface area (TPSA) is 55.8 Å². The molecule has 2 aromatic rings. The minimum absolute atomic E-state index is 0.0571.